The van der Waals surface area contributed by atoms with Crippen molar-refractivity contribution in [3.8, 4) is 0 Å². The molecule has 4 amide bonds. The molecule has 7 nitrogen and oxygen atoms in total. The van der Waals surface area contributed by atoms with Crippen LogP contribution in [0, 0.1) is 11.8 Å². The summed E-state index contributed by atoms with van der Waals surface area (Å²) in [6, 6.07) is -0.521. The number of aliphatic hydroxyl groups excluding tert-OH is 1. The van der Waals surface area contributed by atoms with E-state index in [1.165, 1.54) is 0 Å². The Morgan fingerprint density at radius 2 is 2.00 bits per heavy atom. The Morgan fingerprint density at radius 3 is 2.64 bits per heavy atom. The van der Waals surface area contributed by atoms with Crippen molar-refractivity contribution in [2.45, 2.75) is 69.9 Å². The van der Waals surface area contributed by atoms with Crippen LogP contribution in [-0.4, -0.2) is 52.6 Å². The summed E-state index contributed by atoms with van der Waals surface area (Å²) in [6.45, 7) is 1.96. The van der Waals surface area contributed by atoms with Crippen molar-refractivity contribution in [1.29, 1.82) is 0 Å². The summed E-state index contributed by atoms with van der Waals surface area (Å²) in [5.74, 6) is 0.105. The van der Waals surface area contributed by atoms with Gasteiger partial charge in [0.05, 0.1) is 0 Å². The topological polar surface area (TPSA) is 98.7 Å². The second-order valence-electron chi connectivity index (χ2n) is 7.80. The van der Waals surface area contributed by atoms with Crippen molar-refractivity contribution in [3.63, 3.8) is 0 Å². The summed E-state index contributed by atoms with van der Waals surface area (Å²) < 4.78 is 0. The Bertz CT molecular complexity index is 542. The number of aliphatic hydroxyl groups is 1. The minimum Gasteiger partial charge on any atom is -0.396 e. The van der Waals surface area contributed by atoms with Crippen molar-refractivity contribution in [2.24, 2.45) is 11.8 Å². The number of carbonyl (C=O) groups excluding carboxylic acids is 3. The number of hydrogen-bond donors (Lipinski definition) is 3. The molecular weight excluding hydrogens is 322 g/mol. The number of imide groups is 1. The molecule has 2 unspecified atom stereocenters. The fourth-order valence-corrected chi connectivity index (χ4v) is 4.58. The lowest BCUT2D eigenvalue weighted by Gasteiger charge is -2.34. The molecule has 3 fully saturated rings. The van der Waals surface area contributed by atoms with Gasteiger partial charge in [-0.05, 0) is 44.4 Å². The molecule has 2 saturated carbocycles. The summed E-state index contributed by atoms with van der Waals surface area (Å²) in [7, 11) is 0. The Labute approximate surface area is 148 Å². The maximum Gasteiger partial charge on any atom is 0.325 e. The van der Waals surface area contributed by atoms with Gasteiger partial charge in [-0.2, -0.15) is 0 Å². The number of rotatable bonds is 5. The molecule has 2 atom stereocenters. The molecule has 3 aliphatic rings. The van der Waals surface area contributed by atoms with Crippen LogP contribution in [0.1, 0.15) is 58.3 Å². The molecule has 1 aliphatic heterocycles. The van der Waals surface area contributed by atoms with Gasteiger partial charge in [0.15, 0.2) is 0 Å². The van der Waals surface area contributed by atoms with Crippen LogP contribution >= 0.6 is 0 Å². The first-order chi connectivity index (χ1) is 12.0. The fourth-order valence-electron chi connectivity index (χ4n) is 4.58. The predicted molar refractivity (Wildman–Crippen MR) is 91.6 cm³/mol. The van der Waals surface area contributed by atoms with E-state index in [-0.39, 0.29) is 36.9 Å². The predicted octanol–water partition coefficient (Wildman–Crippen LogP) is 1.15. The zero-order chi connectivity index (χ0) is 18.0. The lowest BCUT2D eigenvalue weighted by Crippen LogP contribution is -2.50. The van der Waals surface area contributed by atoms with E-state index >= 15 is 0 Å². The molecule has 0 aromatic rings. The van der Waals surface area contributed by atoms with Gasteiger partial charge in [0, 0.05) is 18.6 Å². The van der Waals surface area contributed by atoms with Gasteiger partial charge >= 0.3 is 6.03 Å². The molecule has 0 aromatic heterocycles. The summed E-state index contributed by atoms with van der Waals surface area (Å²) >= 11 is 0. The Hall–Kier alpha value is -1.63. The molecule has 1 saturated heterocycles. The fraction of sp³-hybridized carbons (Fsp3) is 0.833. The second kappa shape index (κ2) is 7.32. The minimum absolute atomic E-state index is 0.0514. The van der Waals surface area contributed by atoms with Crippen LogP contribution < -0.4 is 10.6 Å². The van der Waals surface area contributed by atoms with Gasteiger partial charge in [-0.25, -0.2) is 4.79 Å². The first-order valence-corrected chi connectivity index (χ1v) is 9.53. The van der Waals surface area contributed by atoms with Crippen LogP contribution in [0.25, 0.3) is 0 Å². The molecule has 1 spiro atoms. The van der Waals surface area contributed by atoms with E-state index in [1.807, 2.05) is 0 Å². The number of nitrogens with zero attached hydrogens (tertiary/aromatic N) is 1. The molecule has 2 aliphatic carbocycles. The second-order valence-corrected chi connectivity index (χ2v) is 7.80. The van der Waals surface area contributed by atoms with Crippen LogP contribution in [0.3, 0.4) is 0 Å². The third-order valence-electron chi connectivity index (χ3n) is 6.32. The maximum atomic E-state index is 12.8. The smallest absolute Gasteiger partial charge is 0.325 e. The number of nitrogens with one attached hydrogen (secondary N) is 2. The molecular formula is C18H29N3O4. The highest BCUT2D eigenvalue weighted by molar-refractivity contribution is 6.09. The normalized spacial score (nSPS) is 35.3. The SMILES string of the molecule is CCC1CCC2(CC1)NC(=O)N(CC(=O)NC1CCCC1CO)C2=O. The zero-order valence-corrected chi connectivity index (χ0v) is 14.9. The molecule has 7 heteroatoms. The van der Waals surface area contributed by atoms with E-state index < -0.39 is 11.6 Å². The Balaban J connectivity index is 1.58. The third kappa shape index (κ3) is 3.52. The molecule has 3 N–H and O–H groups in total. The molecule has 25 heavy (non-hydrogen) atoms. The molecule has 0 radical (unpaired) electrons. The average molecular weight is 351 g/mol. The molecule has 140 valence electrons. The lowest BCUT2D eigenvalue weighted by molar-refractivity contribution is -0.136. The van der Waals surface area contributed by atoms with E-state index in [0.717, 1.165) is 43.4 Å². The third-order valence-corrected chi connectivity index (χ3v) is 6.32. The standard InChI is InChI=1S/C18H29N3O4/c1-2-12-6-8-18(9-7-12)16(24)21(17(25)20-18)10-15(23)19-14-5-3-4-13(14)11-22/h12-14,22H,2-11H2,1H3,(H,19,23)(H,20,25). The van der Waals surface area contributed by atoms with E-state index in [9.17, 15) is 19.5 Å². The van der Waals surface area contributed by atoms with Gasteiger partial charge in [0.2, 0.25) is 5.91 Å². The number of urea groups is 1. The number of hydrogen-bond acceptors (Lipinski definition) is 4. The first-order valence-electron chi connectivity index (χ1n) is 9.53. The van der Waals surface area contributed by atoms with E-state index in [2.05, 4.69) is 17.6 Å². The Morgan fingerprint density at radius 1 is 1.28 bits per heavy atom. The Kier molecular flexibility index (Phi) is 5.32. The van der Waals surface area contributed by atoms with Gasteiger partial charge in [0.1, 0.15) is 12.1 Å². The van der Waals surface area contributed by atoms with Gasteiger partial charge in [0.25, 0.3) is 5.91 Å². The molecule has 0 bridgehead atoms. The number of carbonyl (C=O) groups is 3. The van der Waals surface area contributed by atoms with Gasteiger partial charge in [-0.15, -0.1) is 0 Å². The van der Waals surface area contributed by atoms with Crippen molar-refractivity contribution >= 4 is 17.8 Å². The van der Waals surface area contributed by atoms with E-state index in [0.29, 0.717) is 18.8 Å². The van der Waals surface area contributed by atoms with Gasteiger partial charge in [-0.3, -0.25) is 14.5 Å². The lowest BCUT2D eigenvalue weighted by atomic mass is 9.75. The summed E-state index contributed by atoms with van der Waals surface area (Å²) in [6.07, 6.45) is 6.98. The van der Waals surface area contributed by atoms with E-state index in [1.54, 1.807) is 0 Å². The highest BCUT2D eigenvalue weighted by Crippen LogP contribution is 2.37. The number of amides is 4. The van der Waals surface area contributed by atoms with Crippen molar-refractivity contribution < 1.29 is 19.5 Å². The summed E-state index contributed by atoms with van der Waals surface area (Å²) in [4.78, 5) is 38.5. The van der Waals surface area contributed by atoms with Crippen LogP contribution in [0.15, 0.2) is 0 Å². The van der Waals surface area contributed by atoms with Crippen LogP contribution in [-0.2, 0) is 9.59 Å². The minimum atomic E-state index is -0.802. The van der Waals surface area contributed by atoms with Crippen molar-refractivity contribution in [2.75, 3.05) is 13.2 Å². The molecule has 0 aromatic carbocycles. The highest BCUT2D eigenvalue weighted by atomic mass is 16.3. The first kappa shape index (κ1) is 18.2. The zero-order valence-electron chi connectivity index (χ0n) is 14.9. The van der Waals surface area contributed by atoms with Gasteiger partial charge < -0.3 is 15.7 Å². The van der Waals surface area contributed by atoms with Crippen LogP contribution in [0.5, 0.6) is 0 Å². The summed E-state index contributed by atoms with van der Waals surface area (Å²) in [5.41, 5.74) is -0.802. The highest BCUT2D eigenvalue weighted by Gasteiger charge is 2.52. The monoisotopic (exact) mass is 351 g/mol. The maximum absolute atomic E-state index is 12.8. The van der Waals surface area contributed by atoms with Crippen molar-refractivity contribution in [3.05, 3.63) is 0 Å². The van der Waals surface area contributed by atoms with Crippen LogP contribution in [0.2, 0.25) is 0 Å². The van der Waals surface area contributed by atoms with Crippen LogP contribution in [0.4, 0.5) is 4.79 Å². The molecule has 3 rings (SSSR count). The average Bonchev–Trinajstić information content (AvgIpc) is 3.14. The molecule has 1 heterocycles. The van der Waals surface area contributed by atoms with Crippen molar-refractivity contribution in [1.82, 2.24) is 15.5 Å². The summed E-state index contributed by atoms with van der Waals surface area (Å²) in [5, 5.41) is 15.1. The quantitative estimate of drug-likeness (QED) is 0.647. The van der Waals surface area contributed by atoms with E-state index in [4.69, 9.17) is 0 Å². The largest absolute Gasteiger partial charge is 0.396 e. The van der Waals surface area contributed by atoms with Gasteiger partial charge in [-0.1, -0.05) is 19.8 Å².